The third-order valence-electron chi connectivity index (χ3n) is 4.70. The lowest BCUT2D eigenvalue weighted by atomic mass is 9.98. The van der Waals surface area contributed by atoms with E-state index in [-0.39, 0.29) is 23.4 Å². The number of piperidine rings is 1. The van der Waals surface area contributed by atoms with Crippen molar-refractivity contribution in [2.75, 3.05) is 19.7 Å². The van der Waals surface area contributed by atoms with E-state index in [1.54, 1.807) is 29.1 Å². The molecule has 1 atom stereocenters. The Bertz CT molecular complexity index is 716. The number of amides is 1. The molecule has 1 aromatic carbocycles. The molecule has 0 aliphatic carbocycles. The van der Waals surface area contributed by atoms with Crippen molar-refractivity contribution < 1.29 is 13.9 Å². The first kappa shape index (κ1) is 17.5. The van der Waals surface area contributed by atoms with Crippen LogP contribution in [0.2, 0.25) is 0 Å². The van der Waals surface area contributed by atoms with Crippen LogP contribution in [0, 0.1) is 11.7 Å². The lowest BCUT2D eigenvalue weighted by molar-refractivity contribution is -0.133. The van der Waals surface area contributed by atoms with Gasteiger partial charge in [-0.3, -0.25) is 9.48 Å². The highest BCUT2D eigenvalue weighted by Gasteiger charge is 2.24. The first-order valence-electron chi connectivity index (χ1n) is 8.75. The second-order valence-corrected chi connectivity index (χ2v) is 6.54. The molecule has 1 saturated heterocycles. The zero-order valence-corrected chi connectivity index (χ0v) is 14.5. The summed E-state index contributed by atoms with van der Waals surface area (Å²) in [5.41, 5.74) is 1.06. The zero-order chi connectivity index (χ0) is 17.6. The molecule has 0 saturated carbocycles. The van der Waals surface area contributed by atoms with Crippen LogP contribution in [0.1, 0.15) is 25.0 Å². The maximum atomic E-state index is 13.6. The van der Waals surface area contributed by atoms with Gasteiger partial charge in [0, 0.05) is 44.4 Å². The highest BCUT2D eigenvalue weighted by Crippen LogP contribution is 2.21. The SMILES string of the molecule is Cn1nccc1CCC(=O)N1CCCC(COc2ccccc2F)C1. The van der Waals surface area contributed by atoms with Crippen LogP contribution >= 0.6 is 0 Å². The molecule has 2 aromatic rings. The van der Waals surface area contributed by atoms with Gasteiger partial charge >= 0.3 is 0 Å². The Balaban J connectivity index is 1.48. The Labute approximate surface area is 147 Å². The fraction of sp³-hybridized carbons (Fsp3) is 0.474. The van der Waals surface area contributed by atoms with E-state index in [4.69, 9.17) is 4.74 Å². The number of likely N-dealkylation sites (tertiary alicyclic amines) is 1. The lowest BCUT2D eigenvalue weighted by Crippen LogP contribution is -2.41. The van der Waals surface area contributed by atoms with Crippen molar-refractivity contribution in [2.45, 2.75) is 25.7 Å². The number of rotatable bonds is 6. The number of carbonyl (C=O) groups is 1. The molecule has 2 heterocycles. The molecule has 5 nitrogen and oxygen atoms in total. The quantitative estimate of drug-likeness (QED) is 0.809. The molecule has 1 aromatic heterocycles. The van der Waals surface area contributed by atoms with E-state index in [1.807, 2.05) is 18.0 Å². The fourth-order valence-electron chi connectivity index (χ4n) is 3.24. The van der Waals surface area contributed by atoms with E-state index in [2.05, 4.69) is 5.10 Å². The van der Waals surface area contributed by atoms with Crippen molar-refractivity contribution in [1.82, 2.24) is 14.7 Å². The molecule has 1 aliphatic rings. The Morgan fingerprint density at radius 1 is 1.36 bits per heavy atom. The van der Waals surface area contributed by atoms with Crippen LogP contribution in [0.25, 0.3) is 0 Å². The second kappa shape index (κ2) is 8.14. The highest BCUT2D eigenvalue weighted by molar-refractivity contribution is 5.76. The first-order valence-corrected chi connectivity index (χ1v) is 8.75. The first-order chi connectivity index (χ1) is 12.1. The molecule has 134 valence electrons. The van der Waals surface area contributed by atoms with Crippen molar-refractivity contribution in [2.24, 2.45) is 13.0 Å². The monoisotopic (exact) mass is 345 g/mol. The third-order valence-corrected chi connectivity index (χ3v) is 4.70. The molecule has 1 unspecified atom stereocenters. The number of hydrogen-bond acceptors (Lipinski definition) is 3. The number of nitrogens with zero attached hydrogens (tertiary/aromatic N) is 3. The van der Waals surface area contributed by atoms with Gasteiger partial charge in [-0.15, -0.1) is 0 Å². The molecule has 1 fully saturated rings. The average molecular weight is 345 g/mol. The average Bonchev–Trinajstić information content (AvgIpc) is 3.04. The van der Waals surface area contributed by atoms with Gasteiger partial charge in [0.05, 0.1) is 6.61 Å². The van der Waals surface area contributed by atoms with Crippen LogP contribution in [0.15, 0.2) is 36.5 Å². The van der Waals surface area contributed by atoms with Gasteiger partial charge in [-0.25, -0.2) is 4.39 Å². The number of halogens is 1. The largest absolute Gasteiger partial charge is 0.490 e. The Kier molecular flexibility index (Phi) is 5.68. The lowest BCUT2D eigenvalue weighted by Gasteiger charge is -2.32. The summed E-state index contributed by atoms with van der Waals surface area (Å²) in [6, 6.07) is 8.37. The molecule has 0 N–H and O–H groups in total. The summed E-state index contributed by atoms with van der Waals surface area (Å²) in [6.07, 6.45) is 4.89. The summed E-state index contributed by atoms with van der Waals surface area (Å²) in [5.74, 6) is 0.343. The number of ether oxygens (including phenoxy) is 1. The van der Waals surface area contributed by atoms with E-state index in [0.29, 0.717) is 26.0 Å². The standard InChI is InChI=1S/C19H24FN3O2/c1-22-16(10-11-21-22)8-9-19(24)23-12-4-5-15(13-23)14-25-18-7-3-2-6-17(18)20/h2-3,6-7,10-11,15H,4-5,8-9,12-14H2,1H3. The van der Waals surface area contributed by atoms with E-state index >= 15 is 0 Å². The van der Waals surface area contributed by atoms with Crippen molar-refractivity contribution in [3.8, 4) is 5.75 Å². The fourth-order valence-corrected chi connectivity index (χ4v) is 3.24. The van der Waals surface area contributed by atoms with Gasteiger partial charge in [-0.2, -0.15) is 5.10 Å². The number of hydrogen-bond donors (Lipinski definition) is 0. The molecule has 1 aliphatic heterocycles. The van der Waals surface area contributed by atoms with Crippen LogP contribution in [-0.2, 0) is 18.3 Å². The molecule has 0 spiro atoms. The molecule has 25 heavy (non-hydrogen) atoms. The maximum absolute atomic E-state index is 13.6. The number of aryl methyl sites for hydroxylation is 2. The Hall–Kier alpha value is -2.37. The maximum Gasteiger partial charge on any atom is 0.222 e. The summed E-state index contributed by atoms with van der Waals surface area (Å²) in [4.78, 5) is 14.4. The smallest absolute Gasteiger partial charge is 0.222 e. The van der Waals surface area contributed by atoms with Gasteiger partial charge in [-0.05, 0) is 37.5 Å². The number of benzene rings is 1. The van der Waals surface area contributed by atoms with E-state index in [0.717, 1.165) is 25.1 Å². The van der Waals surface area contributed by atoms with Crippen LogP contribution in [0.5, 0.6) is 5.75 Å². The van der Waals surface area contributed by atoms with Gasteiger partial charge in [0.2, 0.25) is 5.91 Å². The van der Waals surface area contributed by atoms with Crippen molar-refractivity contribution in [1.29, 1.82) is 0 Å². The molecule has 0 bridgehead atoms. The van der Waals surface area contributed by atoms with Crippen LogP contribution in [0.4, 0.5) is 4.39 Å². The Morgan fingerprint density at radius 2 is 2.20 bits per heavy atom. The molecular formula is C19H24FN3O2. The predicted octanol–water partition coefficient (Wildman–Crippen LogP) is 2.81. The molecule has 0 radical (unpaired) electrons. The minimum absolute atomic E-state index is 0.164. The second-order valence-electron chi connectivity index (χ2n) is 6.54. The number of aromatic nitrogens is 2. The van der Waals surface area contributed by atoms with Gasteiger partial charge < -0.3 is 9.64 Å². The van der Waals surface area contributed by atoms with Gasteiger partial charge in [0.15, 0.2) is 11.6 Å². The molecule has 6 heteroatoms. The van der Waals surface area contributed by atoms with Gasteiger partial charge in [0.1, 0.15) is 0 Å². The van der Waals surface area contributed by atoms with E-state index in [9.17, 15) is 9.18 Å². The molecule has 3 rings (SSSR count). The van der Waals surface area contributed by atoms with Gasteiger partial charge in [-0.1, -0.05) is 12.1 Å². The highest BCUT2D eigenvalue weighted by atomic mass is 19.1. The van der Waals surface area contributed by atoms with E-state index in [1.165, 1.54) is 6.07 Å². The normalized spacial score (nSPS) is 17.5. The van der Waals surface area contributed by atoms with Crippen molar-refractivity contribution >= 4 is 5.91 Å². The summed E-state index contributed by atoms with van der Waals surface area (Å²) < 4.78 is 21.0. The topological polar surface area (TPSA) is 47.4 Å². The van der Waals surface area contributed by atoms with Gasteiger partial charge in [0.25, 0.3) is 0 Å². The van der Waals surface area contributed by atoms with Crippen LogP contribution in [0.3, 0.4) is 0 Å². The summed E-state index contributed by atoms with van der Waals surface area (Å²) in [7, 11) is 1.89. The third kappa shape index (κ3) is 4.59. The molecular weight excluding hydrogens is 321 g/mol. The minimum atomic E-state index is -0.345. The van der Waals surface area contributed by atoms with Crippen LogP contribution < -0.4 is 4.74 Å². The number of carbonyl (C=O) groups excluding carboxylic acids is 1. The van der Waals surface area contributed by atoms with Crippen molar-refractivity contribution in [3.05, 3.63) is 48.0 Å². The Morgan fingerprint density at radius 3 is 2.96 bits per heavy atom. The van der Waals surface area contributed by atoms with Crippen LogP contribution in [-0.4, -0.2) is 40.3 Å². The van der Waals surface area contributed by atoms with Crippen molar-refractivity contribution in [3.63, 3.8) is 0 Å². The summed E-state index contributed by atoms with van der Waals surface area (Å²) >= 11 is 0. The minimum Gasteiger partial charge on any atom is -0.490 e. The predicted molar refractivity (Wildman–Crippen MR) is 92.7 cm³/mol. The summed E-state index contributed by atoms with van der Waals surface area (Å²) in [5, 5.41) is 4.12. The molecule has 1 amide bonds. The number of para-hydroxylation sites is 1. The zero-order valence-electron chi connectivity index (χ0n) is 14.5. The summed E-state index contributed by atoms with van der Waals surface area (Å²) in [6.45, 7) is 1.91. The van der Waals surface area contributed by atoms with E-state index < -0.39 is 0 Å².